The molecule has 0 radical (unpaired) electrons. The molecule has 7 nitrogen and oxygen atoms in total. The lowest BCUT2D eigenvalue weighted by atomic mass is 9.84. The van der Waals surface area contributed by atoms with Crippen LogP contribution in [0.15, 0.2) is 65.3 Å². The number of para-hydroxylation sites is 1. The molecular formula is C30H32BrN5O2. The molecule has 2 aromatic heterocycles. The first-order valence-corrected chi connectivity index (χ1v) is 14.3. The third kappa shape index (κ3) is 5.01. The van der Waals surface area contributed by atoms with Crippen LogP contribution in [0.25, 0.3) is 16.9 Å². The normalized spacial score (nSPS) is 17.1. The zero-order valence-electron chi connectivity index (χ0n) is 21.3. The van der Waals surface area contributed by atoms with E-state index in [1.54, 1.807) is 22.8 Å². The molecule has 1 amide bonds. The molecule has 0 bridgehead atoms. The van der Waals surface area contributed by atoms with Gasteiger partial charge in [0.25, 0.3) is 5.91 Å². The van der Waals surface area contributed by atoms with Gasteiger partial charge in [-0.15, -0.1) is 0 Å². The van der Waals surface area contributed by atoms with Crippen LogP contribution in [0.4, 0.5) is 5.82 Å². The fraction of sp³-hybridized carbons (Fsp3) is 0.367. The Labute approximate surface area is 231 Å². The summed E-state index contributed by atoms with van der Waals surface area (Å²) in [5.74, 6) is 1.76. The van der Waals surface area contributed by atoms with E-state index in [1.807, 2.05) is 35.2 Å². The molecular weight excluding hydrogens is 542 g/mol. The van der Waals surface area contributed by atoms with Crippen molar-refractivity contribution >= 4 is 33.3 Å². The number of piperidine rings is 1. The quantitative estimate of drug-likeness (QED) is 0.280. The van der Waals surface area contributed by atoms with E-state index < -0.39 is 0 Å². The summed E-state index contributed by atoms with van der Waals surface area (Å²) in [4.78, 5) is 19.9. The minimum Gasteiger partial charge on any atom is -0.507 e. The molecule has 4 aromatic rings. The van der Waals surface area contributed by atoms with Crippen molar-refractivity contribution in [3.05, 3.63) is 76.4 Å². The fourth-order valence-corrected chi connectivity index (χ4v) is 6.17. The van der Waals surface area contributed by atoms with Crippen molar-refractivity contribution < 1.29 is 9.90 Å². The Kier molecular flexibility index (Phi) is 7.06. The van der Waals surface area contributed by atoms with Crippen molar-refractivity contribution in [2.45, 2.75) is 56.9 Å². The maximum atomic E-state index is 13.2. The van der Waals surface area contributed by atoms with Crippen molar-refractivity contribution in [3.8, 4) is 17.0 Å². The summed E-state index contributed by atoms with van der Waals surface area (Å²) in [6, 6.07) is 17.7. The molecule has 8 heteroatoms. The molecule has 0 spiro atoms. The summed E-state index contributed by atoms with van der Waals surface area (Å²) in [5, 5.41) is 18.5. The van der Waals surface area contributed by atoms with Crippen molar-refractivity contribution in [3.63, 3.8) is 0 Å². The number of nitrogens with one attached hydrogen (secondary N) is 1. The Morgan fingerprint density at radius 3 is 2.45 bits per heavy atom. The number of halogens is 1. The van der Waals surface area contributed by atoms with Crippen LogP contribution in [0.3, 0.4) is 0 Å². The number of anilines is 1. The van der Waals surface area contributed by atoms with Crippen LogP contribution in [0.2, 0.25) is 0 Å². The highest BCUT2D eigenvalue weighted by molar-refractivity contribution is 9.10. The summed E-state index contributed by atoms with van der Waals surface area (Å²) in [7, 11) is 0. The number of nitrogens with zero attached hydrogens (tertiary/aromatic N) is 4. The predicted molar refractivity (Wildman–Crippen MR) is 153 cm³/mol. The smallest absolute Gasteiger partial charge is 0.253 e. The van der Waals surface area contributed by atoms with Gasteiger partial charge in [0, 0.05) is 36.3 Å². The van der Waals surface area contributed by atoms with Crippen LogP contribution >= 0.6 is 15.9 Å². The standard InChI is InChI=1S/C30H32BrN5O2/c31-25-19-32-36-28(18-26(34-29(25)36)24-8-4-5-9-27(24)37)33-23-14-16-35(17-15-23)30(38)22-12-10-21(11-13-22)20-6-2-1-3-7-20/h4-5,8-13,18-20,23,33,37H,1-3,6-7,14-17H2. The Morgan fingerprint density at radius 1 is 0.974 bits per heavy atom. The highest BCUT2D eigenvalue weighted by Gasteiger charge is 2.25. The summed E-state index contributed by atoms with van der Waals surface area (Å²) < 4.78 is 2.56. The van der Waals surface area contributed by atoms with Crippen LogP contribution in [0.5, 0.6) is 5.75 Å². The zero-order chi connectivity index (χ0) is 26.1. The van der Waals surface area contributed by atoms with E-state index in [4.69, 9.17) is 4.98 Å². The molecule has 2 fully saturated rings. The number of phenols is 1. The van der Waals surface area contributed by atoms with E-state index >= 15 is 0 Å². The van der Waals surface area contributed by atoms with Gasteiger partial charge in [-0.3, -0.25) is 4.79 Å². The summed E-state index contributed by atoms with van der Waals surface area (Å²) in [6.45, 7) is 1.40. The van der Waals surface area contributed by atoms with Gasteiger partial charge in [0.2, 0.25) is 0 Å². The third-order valence-corrected chi connectivity index (χ3v) is 8.54. The number of carbonyl (C=O) groups excluding carboxylic acids is 1. The van der Waals surface area contributed by atoms with Gasteiger partial charge in [0.05, 0.1) is 16.4 Å². The maximum absolute atomic E-state index is 13.2. The second kappa shape index (κ2) is 10.8. The Bertz CT molecular complexity index is 1440. The Hall–Kier alpha value is -3.39. The number of fused-ring (bicyclic) bond motifs is 1. The highest BCUT2D eigenvalue weighted by atomic mass is 79.9. The van der Waals surface area contributed by atoms with Gasteiger partial charge >= 0.3 is 0 Å². The minimum absolute atomic E-state index is 0.114. The maximum Gasteiger partial charge on any atom is 0.253 e. The molecule has 2 aromatic carbocycles. The number of amides is 1. The SMILES string of the molecule is O=C(c1ccc(C2CCCCC2)cc1)N1CCC(Nc2cc(-c3ccccc3O)nc3c(Br)cnn23)CC1. The van der Waals surface area contributed by atoms with Crippen LogP contribution in [-0.4, -0.2) is 49.6 Å². The first-order chi connectivity index (χ1) is 18.6. The van der Waals surface area contributed by atoms with E-state index in [0.29, 0.717) is 35.9 Å². The Balaban J connectivity index is 1.14. The van der Waals surface area contributed by atoms with Gasteiger partial charge in [-0.2, -0.15) is 9.61 Å². The first kappa shape index (κ1) is 24.9. The summed E-state index contributed by atoms with van der Waals surface area (Å²) in [5.41, 5.74) is 4.17. The number of hydrogen-bond acceptors (Lipinski definition) is 5. The second-order valence-corrected chi connectivity index (χ2v) is 11.3. The van der Waals surface area contributed by atoms with Gasteiger partial charge in [0.1, 0.15) is 11.6 Å². The van der Waals surface area contributed by atoms with Crippen molar-refractivity contribution in [2.24, 2.45) is 0 Å². The molecule has 1 saturated heterocycles. The number of hydrogen-bond donors (Lipinski definition) is 2. The average Bonchev–Trinajstić information content (AvgIpc) is 3.34. The van der Waals surface area contributed by atoms with Gasteiger partial charge in [-0.1, -0.05) is 43.5 Å². The molecule has 38 heavy (non-hydrogen) atoms. The number of likely N-dealkylation sites (tertiary alicyclic amines) is 1. The topological polar surface area (TPSA) is 82.8 Å². The molecule has 2 aliphatic rings. The molecule has 1 aliphatic carbocycles. The van der Waals surface area contributed by atoms with E-state index in [9.17, 15) is 9.90 Å². The van der Waals surface area contributed by atoms with Crippen LogP contribution in [-0.2, 0) is 0 Å². The first-order valence-electron chi connectivity index (χ1n) is 13.6. The van der Waals surface area contributed by atoms with Gasteiger partial charge in [-0.25, -0.2) is 4.98 Å². The number of phenolic OH excluding ortho intramolecular Hbond substituents is 1. The molecule has 0 unspecified atom stereocenters. The molecule has 196 valence electrons. The van der Waals surface area contributed by atoms with Crippen molar-refractivity contribution in [1.29, 1.82) is 0 Å². The van der Waals surface area contributed by atoms with Crippen LogP contribution in [0, 0.1) is 0 Å². The second-order valence-electron chi connectivity index (χ2n) is 10.4. The van der Waals surface area contributed by atoms with E-state index in [2.05, 4.69) is 38.5 Å². The van der Waals surface area contributed by atoms with E-state index in [-0.39, 0.29) is 17.7 Å². The van der Waals surface area contributed by atoms with E-state index in [0.717, 1.165) is 28.7 Å². The average molecular weight is 575 g/mol. The fourth-order valence-electron chi connectivity index (χ4n) is 5.82. The van der Waals surface area contributed by atoms with Gasteiger partial charge in [0.15, 0.2) is 5.65 Å². The monoisotopic (exact) mass is 573 g/mol. The highest BCUT2D eigenvalue weighted by Crippen LogP contribution is 2.33. The number of benzene rings is 2. The van der Waals surface area contributed by atoms with Gasteiger partial charge in [-0.05, 0) is 77.4 Å². The lowest BCUT2D eigenvalue weighted by molar-refractivity contribution is 0.0718. The number of aromatic hydroxyl groups is 1. The van der Waals surface area contributed by atoms with Crippen LogP contribution in [0.1, 0.15) is 66.8 Å². The number of rotatable bonds is 5. The molecule has 6 rings (SSSR count). The molecule has 1 saturated carbocycles. The zero-order valence-corrected chi connectivity index (χ0v) is 22.9. The molecule has 0 atom stereocenters. The molecule has 1 aliphatic heterocycles. The molecule has 3 heterocycles. The largest absolute Gasteiger partial charge is 0.507 e. The van der Waals surface area contributed by atoms with Gasteiger partial charge < -0.3 is 15.3 Å². The van der Waals surface area contributed by atoms with Crippen molar-refractivity contribution in [1.82, 2.24) is 19.5 Å². The minimum atomic E-state index is 0.114. The van der Waals surface area contributed by atoms with E-state index in [1.165, 1.54) is 37.7 Å². The third-order valence-electron chi connectivity index (χ3n) is 7.98. The molecule has 2 N–H and O–H groups in total. The number of carbonyl (C=O) groups is 1. The van der Waals surface area contributed by atoms with Crippen molar-refractivity contribution in [2.75, 3.05) is 18.4 Å². The predicted octanol–water partition coefficient (Wildman–Crippen LogP) is 6.63. The Morgan fingerprint density at radius 2 is 1.71 bits per heavy atom. The summed E-state index contributed by atoms with van der Waals surface area (Å²) in [6.07, 6.45) is 9.90. The lowest BCUT2D eigenvalue weighted by Gasteiger charge is -2.33. The summed E-state index contributed by atoms with van der Waals surface area (Å²) >= 11 is 3.54. The lowest BCUT2D eigenvalue weighted by Crippen LogP contribution is -2.42. The number of aromatic nitrogens is 3. The van der Waals surface area contributed by atoms with Crippen LogP contribution < -0.4 is 5.32 Å².